The molecule has 2 aromatic heterocycles. The Morgan fingerprint density at radius 2 is 1.73 bits per heavy atom. The lowest BCUT2D eigenvalue weighted by molar-refractivity contribution is 0.262. The van der Waals surface area contributed by atoms with Gasteiger partial charge in [0.1, 0.15) is 5.82 Å². The molecule has 2 amide bonds. The van der Waals surface area contributed by atoms with Gasteiger partial charge >= 0.3 is 6.03 Å². The third kappa shape index (κ3) is 5.83. The highest BCUT2D eigenvalue weighted by molar-refractivity contribution is 7.91. The van der Waals surface area contributed by atoms with Crippen LogP contribution in [0.2, 0.25) is 0 Å². The van der Waals surface area contributed by atoms with Gasteiger partial charge in [0.2, 0.25) is 5.95 Å². The second-order valence-corrected chi connectivity index (χ2v) is 12.7. The highest BCUT2D eigenvalue weighted by Gasteiger charge is 2.23. The standard InChI is InChI=1S/C26H31N7O3S/c1-26(2,3)22-16-23(29-25(34)30-24-27-20-6-4-5-7-21(20)28-24)33(31-22)19-10-8-18(9-11-19)17-32-12-14-37(35,36)15-13-32/h4-11,16H,12-15,17H2,1-3H3,(H3,27,28,29,30,34). The lowest BCUT2D eigenvalue weighted by Gasteiger charge is -2.26. The summed E-state index contributed by atoms with van der Waals surface area (Å²) < 4.78 is 25.1. The van der Waals surface area contributed by atoms with Crippen molar-refractivity contribution in [1.29, 1.82) is 0 Å². The Hall–Kier alpha value is -3.70. The molecule has 0 saturated carbocycles. The molecule has 1 aliphatic heterocycles. The summed E-state index contributed by atoms with van der Waals surface area (Å²) in [5.41, 5.74) is 4.12. The average Bonchev–Trinajstić information content (AvgIpc) is 3.44. The van der Waals surface area contributed by atoms with Gasteiger partial charge < -0.3 is 4.98 Å². The van der Waals surface area contributed by atoms with Crippen molar-refractivity contribution >= 4 is 38.7 Å². The van der Waals surface area contributed by atoms with Gasteiger partial charge in [-0.2, -0.15) is 5.10 Å². The van der Waals surface area contributed by atoms with Gasteiger partial charge in [-0.25, -0.2) is 22.9 Å². The number of nitrogens with one attached hydrogen (secondary N) is 3. The zero-order valence-corrected chi connectivity index (χ0v) is 22.0. The van der Waals surface area contributed by atoms with Gasteiger partial charge in [-0.15, -0.1) is 0 Å². The van der Waals surface area contributed by atoms with Crippen molar-refractivity contribution in [3.8, 4) is 5.69 Å². The number of nitrogens with zero attached hydrogens (tertiary/aromatic N) is 4. The number of hydrogen-bond donors (Lipinski definition) is 3. The molecule has 194 valence electrons. The first-order chi connectivity index (χ1) is 17.6. The summed E-state index contributed by atoms with van der Waals surface area (Å²) in [7, 11) is -2.90. The molecule has 0 unspecified atom stereocenters. The Balaban J connectivity index is 1.33. The second-order valence-electron chi connectivity index (χ2n) is 10.4. The Bertz CT molecular complexity index is 1490. The zero-order chi connectivity index (χ0) is 26.2. The average molecular weight is 522 g/mol. The molecule has 3 heterocycles. The molecule has 0 radical (unpaired) electrons. The molecule has 1 aliphatic rings. The topological polar surface area (TPSA) is 125 Å². The molecule has 0 spiro atoms. The van der Waals surface area contributed by atoms with Gasteiger partial charge in [0, 0.05) is 31.1 Å². The van der Waals surface area contributed by atoms with E-state index in [4.69, 9.17) is 5.10 Å². The minimum absolute atomic E-state index is 0.207. The fourth-order valence-corrected chi connectivity index (χ4v) is 5.49. The Labute approximate surface area is 216 Å². The third-order valence-electron chi connectivity index (χ3n) is 6.36. The maximum Gasteiger partial charge on any atom is 0.327 e. The predicted octanol–water partition coefficient (Wildman–Crippen LogP) is 3.92. The summed E-state index contributed by atoms with van der Waals surface area (Å²) in [5.74, 6) is 1.31. The number of carbonyl (C=O) groups excluding carboxylic acids is 1. The molecular formula is C26H31N7O3S. The van der Waals surface area contributed by atoms with Crippen molar-refractivity contribution in [3.05, 3.63) is 65.9 Å². The van der Waals surface area contributed by atoms with E-state index >= 15 is 0 Å². The number of para-hydroxylation sites is 2. The van der Waals surface area contributed by atoms with Gasteiger partial charge in [-0.05, 0) is 29.8 Å². The lowest BCUT2D eigenvalue weighted by Crippen LogP contribution is -2.39. The van der Waals surface area contributed by atoms with E-state index in [9.17, 15) is 13.2 Å². The molecule has 11 heteroatoms. The normalized spacial score (nSPS) is 16.1. The van der Waals surface area contributed by atoms with E-state index in [-0.39, 0.29) is 16.9 Å². The highest BCUT2D eigenvalue weighted by Crippen LogP contribution is 2.27. The minimum atomic E-state index is -2.90. The number of aromatic amines is 1. The largest absolute Gasteiger partial charge is 0.327 e. The van der Waals surface area contributed by atoms with E-state index in [0.717, 1.165) is 28.0 Å². The summed E-state index contributed by atoms with van der Waals surface area (Å²) in [5, 5.41) is 10.4. The second kappa shape index (κ2) is 9.64. The van der Waals surface area contributed by atoms with Crippen molar-refractivity contribution in [1.82, 2.24) is 24.6 Å². The number of rotatable bonds is 5. The number of carbonyl (C=O) groups is 1. The highest BCUT2D eigenvalue weighted by atomic mass is 32.2. The molecule has 10 nitrogen and oxygen atoms in total. The van der Waals surface area contributed by atoms with Crippen LogP contribution in [-0.2, 0) is 21.8 Å². The van der Waals surface area contributed by atoms with Gasteiger partial charge in [-0.1, -0.05) is 45.0 Å². The van der Waals surface area contributed by atoms with Crippen molar-refractivity contribution in [2.45, 2.75) is 32.7 Å². The fraction of sp³-hybridized carbons (Fsp3) is 0.346. The molecule has 37 heavy (non-hydrogen) atoms. The zero-order valence-electron chi connectivity index (χ0n) is 21.2. The van der Waals surface area contributed by atoms with Crippen LogP contribution in [0, 0.1) is 0 Å². The monoisotopic (exact) mass is 521 g/mol. The number of benzene rings is 2. The minimum Gasteiger partial charge on any atom is -0.324 e. The Kier molecular flexibility index (Phi) is 6.50. The first-order valence-electron chi connectivity index (χ1n) is 12.2. The maximum atomic E-state index is 12.9. The number of aromatic nitrogens is 4. The summed E-state index contributed by atoms with van der Waals surface area (Å²) in [4.78, 5) is 22.5. The van der Waals surface area contributed by atoms with Crippen LogP contribution in [0.15, 0.2) is 54.6 Å². The number of anilines is 2. The van der Waals surface area contributed by atoms with Crippen molar-refractivity contribution in [3.63, 3.8) is 0 Å². The van der Waals surface area contributed by atoms with Crippen molar-refractivity contribution in [2.24, 2.45) is 0 Å². The first kappa shape index (κ1) is 25.0. The summed E-state index contributed by atoms with van der Waals surface area (Å²) in [6.07, 6.45) is 0. The number of fused-ring (bicyclic) bond motifs is 1. The van der Waals surface area contributed by atoms with Gasteiger partial charge in [0.25, 0.3) is 0 Å². The summed E-state index contributed by atoms with van der Waals surface area (Å²) in [6, 6.07) is 16.9. The van der Waals surface area contributed by atoms with Crippen LogP contribution in [0.3, 0.4) is 0 Å². The van der Waals surface area contributed by atoms with E-state index < -0.39 is 15.9 Å². The van der Waals surface area contributed by atoms with Gasteiger partial charge in [0.05, 0.1) is 33.9 Å². The van der Waals surface area contributed by atoms with E-state index in [1.807, 2.05) is 54.6 Å². The van der Waals surface area contributed by atoms with Crippen LogP contribution in [0.4, 0.5) is 16.6 Å². The first-order valence-corrected chi connectivity index (χ1v) is 14.0. The maximum absolute atomic E-state index is 12.9. The lowest BCUT2D eigenvalue weighted by atomic mass is 9.92. The SMILES string of the molecule is CC(C)(C)c1cc(NC(=O)Nc2nc3ccccc3[nH]2)n(-c2ccc(CN3CCS(=O)(=O)CC3)cc2)n1. The number of sulfone groups is 1. The number of H-pyrrole nitrogens is 1. The Morgan fingerprint density at radius 1 is 1.03 bits per heavy atom. The van der Waals surface area contributed by atoms with E-state index in [2.05, 4.69) is 46.3 Å². The molecule has 0 bridgehead atoms. The van der Waals surface area contributed by atoms with Crippen LogP contribution in [0.5, 0.6) is 0 Å². The molecule has 2 aromatic carbocycles. The quantitative estimate of drug-likeness (QED) is 0.366. The molecule has 1 fully saturated rings. The number of imidazole rings is 1. The van der Waals surface area contributed by atoms with E-state index in [0.29, 0.717) is 31.4 Å². The Morgan fingerprint density at radius 3 is 2.41 bits per heavy atom. The fourth-order valence-electron chi connectivity index (χ4n) is 4.21. The van der Waals surface area contributed by atoms with E-state index in [1.54, 1.807) is 4.68 Å². The third-order valence-corrected chi connectivity index (χ3v) is 7.97. The van der Waals surface area contributed by atoms with Crippen molar-refractivity contribution in [2.75, 3.05) is 35.2 Å². The molecular weight excluding hydrogens is 490 g/mol. The number of urea groups is 1. The summed E-state index contributed by atoms with van der Waals surface area (Å²) >= 11 is 0. The molecule has 4 aromatic rings. The number of amides is 2. The molecule has 0 atom stereocenters. The smallest absolute Gasteiger partial charge is 0.324 e. The van der Waals surface area contributed by atoms with Gasteiger partial charge in [-0.3, -0.25) is 15.5 Å². The van der Waals surface area contributed by atoms with Crippen LogP contribution >= 0.6 is 0 Å². The van der Waals surface area contributed by atoms with Crippen LogP contribution in [0.25, 0.3) is 16.7 Å². The molecule has 5 rings (SSSR count). The molecule has 1 saturated heterocycles. The predicted molar refractivity (Wildman–Crippen MR) is 145 cm³/mol. The van der Waals surface area contributed by atoms with Crippen LogP contribution in [-0.4, -0.2) is 63.7 Å². The summed E-state index contributed by atoms with van der Waals surface area (Å²) in [6.45, 7) is 7.99. The molecule has 3 N–H and O–H groups in total. The van der Waals surface area contributed by atoms with Crippen LogP contribution < -0.4 is 10.6 Å². The number of hydrogen-bond acceptors (Lipinski definition) is 6. The van der Waals surface area contributed by atoms with Crippen LogP contribution in [0.1, 0.15) is 32.0 Å². The van der Waals surface area contributed by atoms with Gasteiger partial charge in [0.15, 0.2) is 9.84 Å². The molecule has 0 aliphatic carbocycles. The van der Waals surface area contributed by atoms with Crippen molar-refractivity contribution < 1.29 is 13.2 Å². The van der Waals surface area contributed by atoms with E-state index in [1.165, 1.54) is 0 Å².